The van der Waals surface area contributed by atoms with Crippen LogP contribution in [0.25, 0.3) is 0 Å². The maximum atomic E-state index is 13.9. The first-order valence-corrected chi connectivity index (χ1v) is 7.66. The van der Waals surface area contributed by atoms with E-state index in [1.54, 1.807) is 13.0 Å². The number of rotatable bonds is 5. The summed E-state index contributed by atoms with van der Waals surface area (Å²) in [5.74, 6) is -0.164. The van der Waals surface area contributed by atoms with E-state index in [2.05, 4.69) is 12.2 Å². The van der Waals surface area contributed by atoms with Gasteiger partial charge in [-0.25, -0.2) is 4.39 Å². The van der Waals surface area contributed by atoms with Crippen molar-refractivity contribution in [2.75, 3.05) is 6.54 Å². The minimum atomic E-state index is -0.164. The van der Waals surface area contributed by atoms with Crippen molar-refractivity contribution in [3.8, 4) is 0 Å². The predicted molar refractivity (Wildman–Crippen MR) is 87.5 cm³/mol. The number of aryl methyl sites for hydroxylation is 2. The zero-order valence-corrected chi connectivity index (χ0v) is 13.5. The zero-order valence-electron chi connectivity index (χ0n) is 12.7. The van der Waals surface area contributed by atoms with Gasteiger partial charge in [0.15, 0.2) is 0 Å². The molecular weight excluding hydrogens is 285 g/mol. The Kier molecular flexibility index (Phi) is 5.38. The van der Waals surface area contributed by atoms with Gasteiger partial charge in [-0.05, 0) is 67.3 Å². The fourth-order valence-electron chi connectivity index (χ4n) is 2.45. The molecule has 1 nitrogen and oxygen atoms in total. The molecule has 2 rings (SSSR count). The van der Waals surface area contributed by atoms with E-state index in [-0.39, 0.29) is 11.9 Å². The Balaban J connectivity index is 2.44. The van der Waals surface area contributed by atoms with Crippen LogP contribution in [0.2, 0.25) is 5.02 Å². The molecule has 0 aliphatic carbocycles. The molecule has 1 unspecified atom stereocenters. The summed E-state index contributed by atoms with van der Waals surface area (Å²) in [5, 5.41) is 4.22. The van der Waals surface area contributed by atoms with Crippen molar-refractivity contribution in [2.24, 2.45) is 0 Å². The van der Waals surface area contributed by atoms with Crippen LogP contribution in [0, 0.1) is 19.7 Å². The van der Waals surface area contributed by atoms with Gasteiger partial charge >= 0.3 is 0 Å². The summed E-state index contributed by atoms with van der Waals surface area (Å²) in [7, 11) is 0. The van der Waals surface area contributed by atoms with Crippen LogP contribution in [-0.4, -0.2) is 6.54 Å². The van der Waals surface area contributed by atoms with Crippen LogP contribution in [-0.2, 0) is 0 Å². The molecule has 0 saturated carbocycles. The summed E-state index contributed by atoms with van der Waals surface area (Å²) >= 11 is 6.04. The van der Waals surface area contributed by atoms with Crippen LogP contribution in [0.1, 0.15) is 41.6 Å². The van der Waals surface area contributed by atoms with E-state index >= 15 is 0 Å². The second kappa shape index (κ2) is 7.06. The molecule has 2 aromatic rings. The van der Waals surface area contributed by atoms with Gasteiger partial charge in [0.2, 0.25) is 0 Å². The molecule has 21 heavy (non-hydrogen) atoms. The lowest BCUT2D eigenvalue weighted by Gasteiger charge is -2.22. The van der Waals surface area contributed by atoms with Crippen LogP contribution in [0.5, 0.6) is 0 Å². The van der Waals surface area contributed by atoms with Crippen molar-refractivity contribution < 1.29 is 4.39 Å². The highest BCUT2D eigenvalue weighted by Gasteiger charge is 2.16. The van der Waals surface area contributed by atoms with Crippen molar-refractivity contribution in [3.05, 3.63) is 69.5 Å². The minimum Gasteiger partial charge on any atom is -0.306 e. The molecule has 0 amide bonds. The SMILES string of the molecule is CCCNC(c1ccc(C)c(F)c1)c1ccc(Cl)cc1C. The Labute approximate surface area is 131 Å². The Morgan fingerprint density at radius 1 is 1.10 bits per heavy atom. The Hall–Kier alpha value is -1.38. The largest absolute Gasteiger partial charge is 0.306 e. The first-order chi connectivity index (χ1) is 10.0. The molecule has 0 aliphatic rings. The molecule has 1 N–H and O–H groups in total. The molecule has 0 aliphatic heterocycles. The summed E-state index contributed by atoms with van der Waals surface area (Å²) in [6.07, 6.45) is 1.03. The molecule has 0 saturated heterocycles. The summed E-state index contributed by atoms with van der Waals surface area (Å²) in [6.45, 7) is 6.81. The molecule has 0 fully saturated rings. The standard InChI is InChI=1S/C18H21ClFN/c1-4-9-21-18(14-6-5-12(2)17(20)11-14)16-8-7-15(19)10-13(16)3/h5-8,10-11,18,21H,4,9H2,1-3H3. The Morgan fingerprint density at radius 3 is 2.48 bits per heavy atom. The van der Waals surface area contributed by atoms with Crippen LogP contribution in [0.15, 0.2) is 36.4 Å². The van der Waals surface area contributed by atoms with Gasteiger partial charge in [0, 0.05) is 5.02 Å². The average molecular weight is 306 g/mol. The highest BCUT2D eigenvalue weighted by molar-refractivity contribution is 6.30. The Bertz CT molecular complexity index is 625. The summed E-state index contributed by atoms with van der Waals surface area (Å²) in [6, 6.07) is 11.3. The topological polar surface area (TPSA) is 12.0 Å². The zero-order chi connectivity index (χ0) is 15.4. The van der Waals surface area contributed by atoms with Crippen LogP contribution in [0.4, 0.5) is 4.39 Å². The molecule has 0 spiro atoms. The molecule has 2 aromatic carbocycles. The fourth-order valence-corrected chi connectivity index (χ4v) is 2.67. The summed E-state index contributed by atoms with van der Waals surface area (Å²) < 4.78 is 13.9. The van der Waals surface area contributed by atoms with Gasteiger partial charge in [0.25, 0.3) is 0 Å². The van der Waals surface area contributed by atoms with E-state index in [0.717, 1.165) is 34.7 Å². The van der Waals surface area contributed by atoms with E-state index in [9.17, 15) is 4.39 Å². The van der Waals surface area contributed by atoms with Crippen LogP contribution in [0.3, 0.4) is 0 Å². The second-order valence-corrected chi connectivity index (χ2v) is 5.83. The smallest absolute Gasteiger partial charge is 0.126 e. The third-order valence-electron chi connectivity index (χ3n) is 3.67. The number of hydrogen-bond acceptors (Lipinski definition) is 1. The van der Waals surface area contributed by atoms with Gasteiger partial charge < -0.3 is 5.32 Å². The summed E-state index contributed by atoms with van der Waals surface area (Å²) in [4.78, 5) is 0. The van der Waals surface area contributed by atoms with Gasteiger partial charge in [-0.1, -0.05) is 36.7 Å². The third kappa shape index (κ3) is 3.84. The molecule has 0 bridgehead atoms. The van der Waals surface area contributed by atoms with Crippen molar-refractivity contribution in [3.63, 3.8) is 0 Å². The number of benzene rings is 2. The second-order valence-electron chi connectivity index (χ2n) is 5.40. The lowest BCUT2D eigenvalue weighted by atomic mass is 9.94. The minimum absolute atomic E-state index is 0.0164. The first-order valence-electron chi connectivity index (χ1n) is 7.28. The van der Waals surface area contributed by atoms with Crippen LogP contribution < -0.4 is 5.32 Å². The van der Waals surface area contributed by atoms with E-state index in [1.807, 2.05) is 37.3 Å². The lowest BCUT2D eigenvalue weighted by Crippen LogP contribution is -2.24. The monoisotopic (exact) mass is 305 g/mol. The highest BCUT2D eigenvalue weighted by atomic mass is 35.5. The lowest BCUT2D eigenvalue weighted by molar-refractivity contribution is 0.581. The maximum absolute atomic E-state index is 13.9. The Morgan fingerprint density at radius 2 is 1.86 bits per heavy atom. The van der Waals surface area contributed by atoms with Gasteiger partial charge in [0.05, 0.1) is 6.04 Å². The maximum Gasteiger partial charge on any atom is 0.126 e. The normalized spacial score (nSPS) is 12.4. The molecule has 1 atom stereocenters. The van der Waals surface area contributed by atoms with Crippen molar-refractivity contribution in [2.45, 2.75) is 33.2 Å². The van der Waals surface area contributed by atoms with E-state index in [4.69, 9.17) is 11.6 Å². The quantitative estimate of drug-likeness (QED) is 0.802. The average Bonchev–Trinajstić information content (AvgIpc) is 2.44. The summed E-state index contributed by atoms with van der Waals surface area (Å²) in [5.41, 5.74) is 3.85. The van der Waals surface area contributed by atoms with Crippen LogP contribution >= 0.6 is 11.6 Å². The van der Waals surface area contributed by atoms with Gasteiger partial charge in [-0.3, -0.25) is 0 Å². The molecular formula is C18H21ClFN. The third-order valence-corrected chi connectivity index (χ3v) is 3.91. The fraction of sp³-hybridized carbons (Fsp3) is 0.333. The number of nitrogens with one attached hydrogen (secondary N) is 1. The van der Waals surface area contributed by atoms with E-state index in [1.165, 1.54) is 0 Å². The molecule has 112 valence electrons. The molecule has 0 heterocycles. The molecule has 0 radical (unpaired) electrons. The van der Waals surface area contributed by atoms with E-state index in [0.29, 0.717) is 5.56 Å². The van der Waals surface area contributed by atoms with E-state index < -0.39 is 0 Å². The molecule has 3 heteroatoms. The highest BCUT2D eigenvalue weighted by Crippen LogP contribution is 2.28. The first kappa shape index (κ1) is 16.0. The van der Waals surface area contributed by atoms with Gasteiger partial charge in [0.1, 0.15) is 5.82 Å². The van der Waals surface area contributed by atoms with Crippen molar-refractivity contribution in [1.29, 1.82) is 0 Å². The number of hydrogen-bond donors (Lipinski definition) is 1. The number of halogens is 2. The van der Waals surface area contributed by atoms with Crippen molar-refractivity contribution in [1.82, 2.24) is 5.32 Å². The van der Waals surface area contributed by atoms with Gasteiger partial charge in [-0.15, -0.1) is 0 Å². The predicted octanol–water partition coefficient (Wildman–Crippen LogP) is 5.18. The van der Waals surface area contributed by atoms with Crippen molar-refractivity contribution >= 4 is 11.6 Å². The van der Waals surface area contributed by atoms with Gasteiger partial charge in [-0.2, -0.15) is 0 Å². The molecule has 0 aromatic heterocycles.